The highest BCUT2D eigenvalue weighted by molar-refractivity contribution is 5.96. The first-order chi connectivity index (χ1) is 10.7. The van der Waals surface area contributed by atoms with Crippen LogP contribution in [0, 0.1) is 6.92 Å². The SMILES string of the molecule is COc1ccc(C=NNC(=O)c2ccccc2C)cc1OC. The Morgan fingerprint density at radius 2 is 1.82 bits per heavy atom. The number of hydrogen-bond donors (Lipinski definition) is 1. The van der Waals surface area contributed by atoms with Gasteiger partial charge >= 0.3 is 0 Å². The molecule has 0 aliphatic rings. The molecule has 0 saturated heterocycles. The number of nitrogens with zero attached hydrogens (tertiary/aromatic N) is 1. The number of rotatable bonds is 5. The van der Waals surface area contributed by atoms with E-state index in [4.69, 9.17) is 9.47 Å². The molecule has 2 rings (SSSR count). The predicted molar refractivity (Wildman–Crippen MR) is 85.8 cm³/mol. The Balaban J connectivity index is 2.07. The van der Waals surface area contributed by atoms with Crippen molar-refractivity contribution in [2.75, 3.05) is 14.2 Å². The second kappa shape index (κ2) is 7.26. The predicted octanol–water partition coefficient (Wildman–Crippen LogP) is 2.78. The van der Waals surface area contributed by atoms with Gasteiger partial charge in [0.25, 0.3) is 5.91 Å². The van der Waals surface area contributed by atoms with Gasteiger partial charge in [-0.2, -0.15) is 5.10 Å². The Bertz CT molecular complexity index is 696. The number of methoxy groups -OCH3 is 2. The van der Waals surface area contributed by atoms with Gasteiger partial charge in [0.2, 0.25) is 0 Å². The quantitative estimate of drug-likeness (QED) is 0.682. The fourth-order valence-corrected chi connectivity index (χ4v) is 1.99. The molecule has 0 heterocycles. The second-order valence-electron chi connectivity index (χ2n) is 4.63. The summed E-state index contributed by atoms with van der Waals surface area (Å²) in [5.41, 5.74) is 4.81. The highest BCUT2D eigenvalue weighted by Crippen LogP contribution is 2.26. The van der Waals surface area contributed by atoms with Crippen LogP contribution in [0.5, 0.6) is 11.5 Å². The van der Waals surface area contributed by atoms with E-state index < -0.39 is 0 Å². The molecule has 0 atom stereocenters. The topological polar surface area (TPSA) is 59.9 Å². The van der Waals surface area contributed by atoms with E-state index in [2.05, 4.69) is 10.5 Å². The molecule has 5 heteroatoms. The Morgan fingerprint density at radius 1 is 1.09 bits per heavy atom. The van der Waals surface area contributed by atoms with Crippen molar-refractivity contribution < 1.29 is 14.3 Å². The van der Waals surface area contributed by atoms with Crippen LogP contribution in [0.1, 0.15) is 21.5 Å². The smallest absolute Gasteiger partial charge is 0.271 e. The van der Waals surface area contributed by atoms with E-state index in [0.29, 0.717) is 17.1 Å². The lowest BCUT2D eigenvalue weighted by Gasteiger charge is -2.07. The number of hydrazone groups is 1. The fraction of sp³-hybridized carbons (Fsp3) is 0.176. The third kappa shape index (κ3) is 3.63. The number of carbonyl (C=O) groups is 1. The van der Waals surface area contributed by atoms with Gasteiger partial charge in [0.15, 0.2) is 11.5 Å². The number of ether oxygens (including phenoxy) is 2. The summed E-state index contributed by atoms with van der Waals surface area (Å²) in [7, 11) is 3.15. The van der Waals surface area contributed by atoms with Crippen LogP contribution in [-0.4, -0.2) is 26.3 Å². The molecule has 5 nitrogen and oxygen atoms in total. The fourth-order valence-electron chi connectivity index (χ4n) is 1.99. The summed E-state index contributed by atoms with van der Waals surface area (Å²) >= 11 is 0. The van der Waals surface area contributed by atoms with Gasteiger partial charge in [-0.3, -0.25) is 4.79 Å². The minimum Gasteiger partial charge on any atom is -0.493 e. The van der Waals surface area contributed by atoms with E-state index in [0.717, 1.165) is 11.1 Å². The number of carbonyl (C=O) groups excluding carboxylic acids is 1. The highest BCUT2D eigenvalue weighted by atomic mass is 16.5. The molecule has 22 heavy (non-hydrogen) atoms. The van der Waals surface area contributed by atoms with Crippen LogP contribution in [0.25, 0.3) is 0 Å². The van der Waals surface area contributed by atoms with Crippen LogP contribution < -0.4 is 14.9 Å². The van der Waals surface area contributed by atoms with Crippen molar-refractivity contribution in [2.45, 2.75) is 6.92 Å². The molecule has 0 aromatic heterocycles. The van der Waals surface area contributed by atoms with E-state index in [-0.39, 0.29) is 5.91 Å². The van der Waals surface area contributed by atoms with Crippen molar-refractivity contribution in [3.63, 3.8) is 0 Å². The minimum atomic E-state index is -0.241. The van der Waals surface area contributed by atoms with Crippen LogP contribution in [0.2, 0.25) is 0 Å². The van der Waals surface area contributed by atoms with Gasteiger partial charge in [-0.05, 0) is 42.3 Å². The third-order valence-corrected chi connectivity index (χ3v) is 3.18. The molecule has 114 valence electrons. The molecule has 2 aromatic rings. The second-order valence-corrected chi connectivity index (χ2v) is 4.63. The molecular formula is C17H18N2O3. The lowest BCUT2D eigenvalue weighted by atomic mass is 10.1. The van der Waals surface area contributed by atoms with E-state index in [1.165, 1.54) is 0 Å². The first-order valence-corrected chi connectivity index (χ1v) is 6.76. The Morgan fingerprint density at radius 3 is 2.50 bits per heavy atom. The van der Waals surface area contributed by atoms with Crippen molar-refractivity contribution >= 4 is 12.1 Å². The van der Waals surface area contributed by atoms with Gasteiger partial charge in [-0.25, -0.2) is 5.43 Å². The van der Waals surface area contributed by atoms with Gasteiger partial charge in [0.1, 0.15) is 0 Å². The number of benzene rings is 2. The number of hydrogen-bond acceptors (Lipinski definition) is 4. The third-order valence-electron chi connectivity index (χ3n) is 3.18. The van der Waals surface area contributed by atoms with Crippen molar-refractivity contribution in [1.29, 1.82) is 0 Å². The van der Waals surface area contributed by atoms with Crippen molar-refractivity contribution in [3.8, 4) is 11.5 Å². The van der Waals surface area contributed by atoms with Gasteiger partial charge in [-0.1, -0.05) is 18.2 Å². The summed E-state index contributed by atoms with van der Waals surface area (Å²) in [4.78, 5) is 12.0. The number of aryl methyl sites for hydroxylation is 1. The molecule has 0 fully saturated rings. The minimum absolute atomic E-state index is 0.241. The first-order valence-electron chi connectivity index (χ1n) is 6.76. The summed E-state index contributed by atoms with van der Waals surface area (Å²) in [6.45, 7) is 1.88. The van der Waals surface area contributed by atoms with Crippen LogP contribution in [0.15, 0.2) is 47.6 Å². The first kappa shape index (κ1) is 15.6. The molecule has 1 amide bonds. The average Bonchev–Trinajstić information content (AvgIpc) is 2.55. The lowest BCUT2D eigenvalue weighted by molar-refractivity contribution is 0.0954. The maximum Gasteiger partial charge on any atom is 0.271 e. The number of nitrogens with one attached hydrogen (secondary N) is 1. The Kier molecular flexibility index (Phi) is 5.14. The summed E-state index contributed by atoms with van der Waals surface area (Å²) < 4.78 is 10.4. The molecule has 0 bridgehead atoms. The zero-order valence-electron chi connectivity index (χ0n) is 12.8. The summed E-state index contributed by atoms with van der Waals surface area (Å²) in [5.74, 6) is 1.01. The van der Waals surface area contributed by atoms with E-state index in [1.807, 2.05) is 31.2 Å². The Hall–Kier alpha value is -2.82. The molecule has 0 aliphatic heterocycles. The van der Waals surface area contributed by atoms with Gasteiger partial charge in [-0.15, -0.1) is 0 Å². The standard InChI is InChI=1S/C17H18N2O3/c1-12-6-4-5-7-14(12)17(20)19-18-11-13-8-9-15(21-2)16(10-13)22-3/h4-11H,1-3H3,(H,19,20). The molecule has 1 N–H and O–H groups in total. The molecule has 0 aliphatic carbocycles. The van der Waals surface area contributed by atoms with Crippen molar-refractivity contribution in [2.24, 2.45) is 5.10 Å². The largest absolute Gasteiger partial charge is 0.493 e. The van der Waals surface area contributed by atoms with Crippen LogP contribution in [0.4, 0.5) is 0 Å². The van der Waals surface area contributed by atoms with Crippen LogP contribution in [0.3, 0.4) is 0 Å². The van der Waals surface area contributed by atoms with E-state index in [9.17, 15) is 4.79 Å². The normalized spacial score (nSPS) is 10.5. The average molecular weight is 298 g/mol. The maximum atomic E-state index is 12.0. The van der Waals surface area contributed by atoms with Crippen molar-refractivity contribution in [3.05, 3.63) is 59.2 Å². The van der Waals surface area contributed by atoms with E-state index >= 15 is 0 Å². The highest BCUT2D eigenvalue weighted by Gasteiger charge is 2.06. The maximum absolute atomic E-state index is 12.0. The van der Waals surface area contributed by atoms with Gasteiger partial charge in [0.05, 0.1) is 20.4 Å². The molecule has 0 spiro atoms. The van der Waals surface area contributed by atoms with Crippen LogP contribution in [-0.2, 0) is 0 Å². The Labute approximate surface area is 129 Å². The zero-order valence-corrected chi connectivity index (χ0v) is 12.8. The number of amides is 1. The van der Waals surface area contributed by atoms with Crippen molar-refractivity contribution in [1.82, 2.24) is 5.43 Å². The zero-order chi connectivity index (χ0) is 15.9. The summed E-state index contributed by atoms with van der Waals surface area (Å²) in [6.07, 6.45) is 1.55. The van der Waals surface area contributed by atoms with Gasteiger partial charge in [0, 0.05) is 5.56 Å². The van der Waals surface area contributed by atoms with Gasteiger partial charge < -0.3 is 9.47 Å². The molecular weight excluding hydrogens is 280 g/mol. The summed E-state index contributed by atoms with van der Waals surface area (Å²) in [6, 6.07) is 12.7. The molecule has 0 saturated carbocycles. The summed E-state index contributed by atoms with van der Waals surface area (Å²) in [5, 5.41) is 3.97. The monoisotopic (exact) mass is 298 g/mol. The lowest BCUT2D eigenvalue weighted by Crippen LogP contribution is -2.18. The molecule has 0 unspecified atom stereocenters. The van der Waals surface area contributed by atoms with Crippen LogP contribution >= 0.6 is 0 Å². The molecule has 0 radical (unpaired) electrons. The van der Waals surface area contributed by atoms with E-state index in [1.54, 1.807) is 38.6 Å². The molecule has 2 aromatic carbocycles.